The molecule has 3 rings (SSSR count). The lowest BCUT2D eigenvalue weighted by molar-refractivity contribution is -0.155. The van der Waals surface area contributed by atoms with Crippen LogP contribution in [-0.2, 0) is 27.4 Å². The molecule has 30 heavy (non-hydrogen) atoms. The van der Waals surface area contributed by atoms with E-state index in [1.807, 2.05) is 30.3 Å². The summed E-state index contributed by atoms with van der Waals surface area (Å²) in [5.74, 6) is 1.50. The SMILES string of the molecule is COc1ccc(CN2C(=O)COC[C@H]2C(=O)NCc2ccc(OC)cc2OC)cc1. The number of carbonyl (C=O) groups is 2. The number of methoxy groups -OCH3 is 3. The van der Waals surface area contributed by atoms with Crippen molar-refractivity contribution >= 4 is 11.8 Å². The first-order valence-corrected chi connectivity index (χ1v) is 9.54. The smallest absolute Gasteiger partial charge is 0.249 e. The number of hydrogen-bond acceptors (Lipinski definition) is 6. The van der Waals surface area contributed by atoms with Crippen molar-refractivity contribution in [3.8, 4) is 17.2 Å². The maximum absolute atomic E-state index is 12.9. The first-order valence-electron chi connectivity index (χ1n) is 9.54. The molecule has 1 saturated heterocycles. The predicted octanol–water partition coefficient (Wildman–Crippen LogP) is 1.76. The third-order valence-electron chi connectivity index (χ3n) is 4.96. The Morgan fingerprint density at radius 2 is 1.77 bits per heavy atom. The van der Waals surface area contributed by atoms with E-state index in [1.165, 1.54) is 0 Å². The van der Waals surface area contributed by atoms with Crippen LogP contribution >= 0.6 is 0 Å². The Labute approximate surface area is 175 Å². The van der Waals surface area contributed by atoms with Crippen molar-refractivity contribution in [2.75, 3.05) is 34.5 Å². The number of rotatable bonds is 8. The maximum Gasteiger partial charge on any atom is 0.249 e. The summed E-state index contributed by atoms with van der Waals surface area (Å²) in [4.78, 5) is 26.9. The van der Waals surface area contributed by atoms with Gasteiger partial charge in [-0.15, -0.1) is 0 Å². The number of nitrogens with one attached hydrogen (secondary N) is 1. The molecule has 0 spiro atoms. The van der Waals surface area contributed by atoms with E-state index in [1.54, 1.807) is 38.4 Å². The minimum absolute atomic E-state index is 0.0355. The standard InChI is InChI=1S/C22H26N2O6/c1-27-17-7-4-15(5-8-17)12-24-19(13-30-14-21(24)25)22(26)23-11-16-6-9-18(28-2)10-20(16)29-3/h4-10,19H,11-14H2,1-3H3,(H,23,26)/t19-/m0/s1. The van der Waals surface area contributed by atoms with Gasteiger partial charge in [-0.1, -0.05) is 12.1 Å². The molecule has 0 aromatic heterocycles. The van der Waals surface area contributed by atoms with E-state index in [4.69, 9.17) is 18.9 Å². The van der Waals surface area contributed by atoms with Crippen LogP contribution in [0.25, 0.3) is 0 Å². The fourth-order valence-electron chi connectivity index (χ4n) is 3.25. The second kappa shape index (κ2) is 9.98. The highest BCUT2D eigenvalue weighted by molar-refractivity contribution is 5.89. The Morgan fingerprint density at radius 3 is 2.43 bits per heavy atom. The molecule has 160 valence electrons. The van der Waals surface area contributed by atoms with E-state index in [0.29, 0.717) is 18.0 Å². The van der Waals surface area contributed by atoms with E-state index >= 15 is 0 Å². The highest BCUT2D eigenvalue weighted by Gasteiger charge is 2.34. The predicted molar refractivity (Wildman–Crippen MR) is 110 cm³/mol. The molecule has 1 N–H and O–H groups in total. The maximum atomic E-state index is 12.9. The minimum atomic E-state index is -0.711. The molecule has 1 aliphatic rings. The van der Waals surface area contributed by atoms with E-state index in [2.05, 4.69) is 5.32 Å². The van der Waals surface area contributed by atoms with E-state index in [-0.39, 0.29) is 31.6 Å². The van der Waals surface area contributed by atoms with Gasteiger partial charge in [0.2, 0.25) is 11.8 Å². The van der Waals surface area contributed by atoms with Gasteiger partial charge in [-0.25, -0.2) is 0 Å². The van der Waals surface area contributed by atoms with Gasteiger partial charge < -0.3 is 29.2 Å². The van der Waals surface area contributed by atoms with Gasteiger partial charge in [0.1, 0.15) is 29.9 Å². The van der Waals surface area contributed by atoms with Gasteiger partial charge in [0.05, 0.1) is 27.9 Å². The summed E-state index contributed by atoms with van der Waals surface area (Å²) < 4.78 is 21.1. The molecule has 1 aliphatic heterocycles. The van der Waals surface area contributed by atoms with Gasteiger partial charge in [-0.3, -0.25) is 9.59 Å². The van der Waals surface area contributed by atoms with Crippen LogP contribution in [0.4, 0.5) is 0 Å². The number of benzene rings is 2. The molecule has 0 unspecified atom stereocenters. The topological polar surface area (TPSA) is 86.3 Å². The molecule has 2 aromatic carbocycles. The summed E-state index contributed by atoms with van der Waals surface area (Å²) in [6.45, 7) is 0.683. The van der Waals surface area contributed by atoms with Crippen molar-refractivity contribution < 1.29 is 28.5 Å². The van der Waals surface area contributed by atoms with Crippen molar-refractivity contribution in [2.45, 2.75) is 19.1 Å². The van der Waals surface area contributed by atoms with Crippen molar-refractivity contribution in [3.05, 3.63) is 53.6 Å². The van der Waals surface area contributed by atoms with Gasteiger partial charge in [0, 0.05) is 24.7 Å². The van der Waals surface area contributed by atoms with Gasteiger partial charge in [-0.05, 0) is 29.8 Å². The number of hydrogen-bond donors (Lipinski definition) is 1. The van der Waals surface area contributed by atoms with E-state index in [9.17, 15) is 9.59 Å². The van der Waals surface area contributed by atoms with Crippen LogP contribution in [0.2, 0.25) is 0 Å². The third-order valence-corrected chi connectivity index (χ3v) is 4.96. The van der Waals surface area contributed by atoms with Crippen LogP contribution < -0.4 is 19.5 Å². The first kappa shape index (κ1) is 21.4. The number of ether oxygens (including phenoxy) is 4. The summed E-state index contributed by atoms with van der Waals surface area (Å²) >= 11 is 0. The zero-order valence-electron chi connectivity index (χ0n) is 17.3. The average molecular weight is 414 g/mol. The molecule has 1 fully saturated rings. The Hall–Kier alpha value is -3.26. The second-order valence-corrected chi connectivity index (χ2v) is 6.80. The van der Waals surface area contributed by atoms with Crippen LogP contribution in [0.3, 0.4) is 0 Å². The van der Waals surface area contributed by atoms with Crippen molar-refractivity contribution in [3.63, 3.8) is 0 Å². The number of morpholine rings is 1. The Kier molecular flexibility index (Phi) is 7.13. The molecule has 8 heteroatoms. The molecule has 0 aliphatic carbocycles. The monoisotopic (exact) mass is 414 g/mol. The summed E-state index contributed by atoms with van der Waals surface area (Å²) in [6.07, 6.45) is 0. The first-order chi connectivity index (χ1) is 14.5. The largest absolute Gasteiger partial charge is 0.497 e. The summed E-state index contributed by atoms with van der Waals surface area (Å²) in [5.41, 5.74) is 1.71. The van der Waals surface area contributed by atoms with Crippen molar-refractivity contribution in [1.82, 2.24) is 10.2 Å². The van der Waals surface area contributed by atoms with Crippen LogP contribution in [-0.4, -0.2) is 57.3 Å². The quantitative estimate of drug-likeness (QED) is 0.708. The highest BCUT2D eigenvalue weighted by atomic mass is 16.5. The number of carbonyl (C=O) groups excluding carboxylic acids is 2. The lowest BCUT2D eigenvalue weighted by Crippen LogP contribution is -2.55. The van der Waals surface area contributed by atoms with Gasteiger partial charge >= 0.3 is 0 Å². The fraction of sp³-hybridized carbons (Fsp3) is 0.364. The molecule has 0 radical (unpaired) electrons. The van der Waals surface area contributed by atoms with E-state index in [0.717, 1.165) is 16.9 Å². The normalized spacial score (nSPS) is 16.2. The summed E-state index contributed by atoms with van der Waals surface area (Å²) in [7, 11) is 4.73. The lowest BCUT2D eigenvalue weighted by atomic mass is 10.1. The Balaban J connectivity index is 1.68. The van der Waals surface area contributed by atoms with Crippen LogP contribution in [0.1, 0.15) is 11.1 Å². The third kappa shape index (κ3) is 5.01. The van der Waals surface area contributed by atoms with E-state index < -0.39 is 6.04 Å². The molecule has 2 aromatic rings. The van der Waals surface area contributed by atoms with Crippen LogP contribution in [0, 0.1) is 0 Å². The van der Waals surface area contributed by atoms with Crippen LogP contribution in [0.5, 0.6) is 17.2 Å². The van der Waals surface area contributed by atoms with Gasteiger partial charge in [0.15, 0.2) is 0 Å². The molecular formula is C22H26N2O6. The molecular weight excluding hydrogens is 388 g/mol. The average Bonchev–Trinajstić information content (AvgIpc) is 2.79. The summed E-state index contributed by atoms with van der Waals surface area (Å²) in [6, 6.07) is 12.1. The number of nitrogens with zero attached hydrogens (tertiary/aromatic N) is 1. The second-order valence-electron chi connectivity index (χ2n) is 6.80. The Morgan fingerprint density at radius 1 is 1.07 bits per heavy atom. The zero-order valence-corrected chi connectivity index (χ0v) is 17.3. The Bertz CT molecular complexity index is 884. The van der Waals surface area contributed by atoms with Crippen molar-refractivity contribution in [2.24, 2.45) is 0 Å². The molecule has 8 nitrogen and oxygen atoms in total. The van der Waals surface area contributed by atoms with Gasteiger partial charge in [0.25, 0.3) is 0 Å². The molecule has 1 heterocycles. The highest BCUT2D eigenvalue weighted by Crippen LogP contribution is 2.24. The lowest BCUT2D eigenvalue weighted by Gasteiger charge is -2.34. The van der Waals surface area contributed by atoms with Crippen molar-refractivity contribution in [1.29, 1.82) is 0 Å². The molecule has 0 saturated carbocycles. The molecule has 2 amide bonds. The van der Waals surface area contributed by atoms with Crippen LogP contribution in [0.15, 0.2) is 42.5 Å². The van der Waals surface area contributed by atoms with Gasteiger partial charge in [-0.2, -0.15) is 0 Å². The summed E-state index contributed by atoms with van der Waals surface area (Å²) in [5, 5.41) is 2.88. The fourth-order valence-corrected chi connectivity index (χ4v) is 3.25. The number of amides is 2. The molecule has 0 bridgehead atoms. The minimum Gasteiger partial charge on any atom is -0.497 e. The zero-order chi connectivity index (χ0) is 21.5. The molecule has 1 atom stereocenters.